The van der Waals surface area contributed by atoms with Gasteiger partial charge in [0.1, 0.15) is 17.1 Å². The van der Waals surface area contributed by atoms with Crippen molar-refractivity contribution < 1.29 is 22.5 Å². The summed E-state index contributed by atoms with van der Waals surface area (Å²) in [6.07, 6.45) is 6.56. The number of aryl methyl sites for hydroxylation is 1. The fraction of sp³-hybridized carbons (Fsp3) is 0.469. The van der Waals surface area contributed by atoms with Crippen LogP contribution in [0.15, 0.2) is 57.0 Å². The van der Waals surface area contributed by atoms with E-state index < -0.39 is 15.6 Å². The van der Waals surface area contributed by atoms with Crippen LogP contribution in [0.5, 0.6) is 0 Å². The lowest BCUT2D eigenvalue weighted by atomic mass is 9.95. The number of amides is 1. The number of carbonyl (C=O) groups excluding carboxylic acids is 1. The molecule has 0 unspecified atom stereocenters. The minimum atomic E-state index is -3.98. The lowest BCUT2D eigenvalue weighted by Gasteiger charge is -2.23. The van der Waals surface area contributed by atoms with Gasteiger partial charge in [-0.1, -0.05) is 67.7 Å². The Kier molecular flexibility index (Phi) is 8.84. The largest absolute Gasteiger partial charge is 0.377 e. The second-order valence-corrected chi connectivity index (χ2v) is 12.8. The van der Waals surface area contributed by atoms with Crippen LogP contribution in [0.3, 0.4) is 0 Å². The number of amidine groups is 1. The summed E-state index contributed by atoms with van der Waals surface area (Å²) in [5.74, 6) is 1.48. The Bertz CT molecular complexity index is 1590. The van der Waals surface area contributed by atoms with E-state index in [1.807, 2.05) is 36.1 Å². The van der Waals surface area contributed by atoms with Crippen LogP contribution in [0.25, 0.3) is 11.1 Å². The summed E-state index contributed by atoms with van der Waals surface area (Å²) in [5, 5.41) is 3.64. The van der Waals surface area contributed by atoms with Crippen molar-refractivity contribution in [2.24, 2.45) is 4.99 Å². The SMILES string of the molecule is CCCCC1=NC2(CCCC2)C(=O)N1Cc1ccc(-c2ccccc2NS(=O)(=O)c2noc(C)c2C)c(COCC)c1. The molecule has 0 bridgehead atoms. The highest BCUT2D eigenvalue weighted by Gasteiger charge is 2.49. The predicted molar refractivity (Wildman–Crippen MR) is 163 cm³/mol. The van der Waals surface area contributed by atoms with Gasteiger partial charge < -0.3 is 9.26 Å². The average molecular weight is 593 g/mol. The van der Waals surface area contributed by atoms with E-state index in [2.05, 4.69) is 22.9 Å². The highest BCUT2D eigenvalue weighted by molar-refractivity contribution is 7.92. The number of ether oxygens (including phenoxy) is 1. The molecule has 1 spiro atoms. The van der Waals surface area contributed by atoms with Gasteiger partial charge in [-0.2, -0.15) is 8.42 Å². The van der Waals surface area contributed by atoms with Crippen LogP contribution in [-0.2, 0) is 32.7 Å². The minimum absolute atomic E-state index is 0.125. The molecule has 0 atom stereocenters. The van der Waals surface area contributed by atoms with Crippen LogP contribution in [0, 0.1) is 13.8 Å². The lowest BCUT2D eigenvalue weighted by molar-refractivity contribution is -0.131. The van der Waals surface area contributed by atoms with Crippen LogP contribution in [0.4, 0.5) is 5.69 Å². The number of hydrogen-bond donors (Lipinski definition) is 1. The van der Waals surface area contributed by atoms with Crippen LogP contribution in [0.2, 0.25) is 0 Å². The van der Waals surface area contributed by atoms with Crippen molar-refractivity contribution in [1.82, 2.24) is 10.1 Å². The van der Waals surface area contributed by atoms with E-state index in [-0.39, 0.29) is 10.9 Å². The van der Waals surface area contributed by atoms with E-state index in [0.717, 1.165) is 67.5 Å². The van der Waals surface area contributed by atoms with Crippen molar-refractivity contribution in [3.63, 3.8) is 0 Å². The molecule has 1 aliphatic carbocycles. The molecule has 1 amide bonds. The molecule has 42 heavy (non-hydrogen) atoms. The Morgan fingerprint density at radius 1 is 1.07 bits per heavy atom. The van der Waals surface area contributed by atoms with Gasteiger partial charge >= 0.3 is 0 Å². The maximum atomic E-state index is 13.7. The standard InChI is InChI=1S/C32H40N4O5S/c1-5-7-14-29-33-32(17-10-11-18-32)31(37)36(29)20-24-15-16-26(25(19-24)21-40-6-2)27-12-8-9-13-28(27)35-42(38,39)30-22(3)23(4)41-34-30/h8-9,12-13,15-16,19,35H,5-7,10-11,14,17-18,20-21H2,1-4H3. The summed E-state index contributed by atoms with van der Waals surface area (Å²) < 4.78 is 40.2. The van der Waals surface area contributed by atoms with Gasteiger partial charge in [0, 0.05) is 24.2 Å². The fourth-order valence-electron chi connectivity index (χ4n) is 5.87. The quantitative estimate of drug-likeness (QED) is 0.255. The Morgan fingerprint density at radius 3 is 2.52 bits per heavy atom. The van der Waals surface area contributed by atoms with Gasteiger partial charge in [0.05, 0.1) is 18.8 Å². The Balaban J connectivity index is 1.47. The van der Waals surface area contributed by atoms with Crippen molar-refractivity contribution in [2.45, 2.75) is 96.4 Å². The van der Waals surface area contributed by atoms with Crippen LogP contribution in [0.1, 0.15) is 81.2 Å². The number of unbranched alkanes of at least 4 members (excludes halogenated alkanes) is 1. The monoisotopic (exact) mass is 592 g/mol. The summed E-state index contributed by atoms with van der Waals surface area (Å²) >= 11 is 0. The summed E-state index contributed by atoms with van der Waals surface area (Å²) in [6.45, 7) is 8.76. The molecule has 2 aliphatic rings. The topological polar surface area (TPSA) is 114 Å². The number of benzene rings is 2. The van der Waals surface area contributed by atoms with E-state index in [0.29, 0.717) is 42.3 Å². The van der Waals surface area contributed by atoms with Crippen LogP contribution >= 0.6 is 0 Å². The fourth-order valence-corrected chi connectivity index (χ4v) is 7.11. The number of nitrogens with one attached hydrogen (secondary N) is 1. The molecule has 0 saturated heterocycles. The Hall–Kier alpha value is -3.50. The molecular weight excluding hydrogens is 552 g/mol. The van der Waals surface area contributed by atoms with Gasteiger partial charge in [0.15, 0.2) is 0 Å². The number of nitrogens with zero attached hydrogens (tertiary/aromatic N) is 3. The number of para-hydroxylation sites is 1. The van der Waals surface area contributed by atoms with Gasteiger partial charge in [0.25, 0.3) is 15.9 Å². The third-order valence-corrected chi connectivity index (χ3v) is 9.66. The Morgan fingerprint density at radius 2 is 1.83 bits per heavy atom. The van der Waals surface area contributed by atoms with Gasteiger partial charge in [-0.05, 0) is 62.8 Å². The molecule has 224 valence electrons. The number of carbonyl (C=O) groups is 1. The predicted octanol–water partition coefficient (Wildman–Crippen LogP) is 6.54. The molecule has 10 heteroatoms. The van der Waals surface area contributed by atoms with Crippen molar-refractivity contribution >= 4 is 27.5 Å². The van der Waals surface area contributed by atoms with E-state index in [1.54, 1.807) is 26.0 Å². The minimum Gasteiger partial charge on any atom is -0.377 e. The third-order valence-electron chi connectivity index (χ3n) is 8.29. The summed E-state index contributed by atoms with van der Waals surface area (Å²) in [4.78, 5) is 20.6. The molecule has 3 aromatic rings. The van der Waals surface area contributed by atoms with E-state index in [1.165, 1.54) is 0 Å². The molecular formula is C32H40N4O5S. The molecule has 5 rings (SSSR count). The molecule has 2 aromatic carbocycles. The highest BCUT2D eigenvalue weighted by Crippen LogP contribution is 2.40. The van der Waals surface area contributed by atoms with Gasteiger partial charge in [-0.25, -0.2) is 0 Å². The number of aliphatic imine (C=N–C) groups is 1. The van der Waals surface area contributed by atoms with Crippen molar-refractivity contribution in [2.75, 3.05) is 11.3 Å². The van der Waals surface area contributed by atoms with Crippen LogP contribution < -0.4 is 4.72 Å². The summed E-state index contributed by atoms with van der Waals surface area (Å²) in [7, 11) is -3.98. The number of aromatic nitrogens is 1. The summed E-state index contributed by atoms with van der Waals surface area (Å²) in [5.41, 5.74) is 3.77. The molecule has 2 heterocycles. The number of sulfonamides is 1. The first kappa shape index (κ1) is 30.0. The second kappa shape index (κ2) is 12.4. The molecule has 1 saturated carbocycles. The molecule has 0 radical (unpaired) electrons. The maximum absolute atomic E-state index is 13.7. The second-order valence-electron chi connectivity index (χ2n) is 11.2. The smallest absolute Gasteiger partial charge is 0.283 e. The zero-order valence-electron chi connectivity index (χ0n) is 24.9. The van der Waals surface area contributed by atoms with Crippen molar-refractivity contribution in [3.8, 4) is 11.1 Å². The van der Waals surface area contributed by atoms with Gasteiger partial charge in [-0.3, -0.25) is 19.4 Å². The average Bonchev–Trinajstić information content (AvgIpc) is 3.66. The normalized spacial score (nSPS) is 16.4. The highest BCUT2D eigenvalue weighted by atomic mass is 32.2. The zero-order chi connectivity index (χ0) is 29.9. The van der Waals surface area contributed by atoms with Crippen LogP contribution in [-0.4, -0.2) is 42.4 Å². The van der Waals surface area contributed by atoms with E-state index in [4.69, 9.17) is 14.3 Å². The summed E-state index contributed by atoms with van der Waals surface area (Å²) in [6, 6.07) is 13.3. The third kappa shape index (κ3) is 5.87. The number of anilines is 1. The molecule has 1 aromatic heterocycles. The first-order valence-corrected chi connectivity index (χ1v) is 16.3. The zero-order valence-corrected chi connectivity index (χ0v) is 25.7. The number of rotatable bonds is 12. The maximum Gasteiger partial charge on any atom is 0.283 e. The number of hydrogen-bond acceptors (Lipinski definition) is 7. The molecule has 1 fully saturated rings. The lowest BCUT2D eigenvalue weighted by Crippen LogP contribution is -2.40. The van der Waals surface area contributed by atoms with E-state index in [9.17, 15) is 13.2 Å². The molecule has 1 aliphatic heterocycles. The molecule has 1 N–H and O–H groups in total. The first-order chi connectivity index (χ1) is 20.2. The molecule has 9 nitrogen and oxygen atoms in total. The van der Waals surface area contributed by atoms with Crippen molar-refractivity contribution in [3.05, 3.63) is 64.9 Å². The first-order valence-electron chi connectivity index (χ1n) is 14.8. The van der Waals surface area contributed by atoms with E-state index >= 15 is 0 Å². The van der Waals surface area contributed by atoms with Crippen molar-refractivity contribution in [1.29, 1.82) is 0 Å². The van der Waals surface area contributed by atoms with Gasteiger partial charge in [-0.15, -0.1) is 0 Å². The van der Waals surface area contributed by atoms with Gasteiger partial charge in [0.2, 0.25) is 5.03 Å². The Labute approximate surface area is 248 Å².